The highest BCUT2D eigenvalue weighted by atomic mass is 16.1. The Morgan fingerprint density at radius 2 is 2.20 bits per heavy atom. The number of piperidine rings is 1. The third-order valence-electron chi connectivity index (χ3n) is 4.97. The Morgan fingerprint density at radius 1 is 1.36 bits per heavy atom. The summed E-state index contributed by atoms with van der Waals surface area (Å²) in [6.07, 6.45) is 5.04. The molecule has 0 unspecified atom stereocenters. The van der Waals surface area contributed by atoms with Crippen molar-refractivity contribution in [2.45, 2.75) is 44.8 Å². The average Bonchev–Trinajstić information content (AvgIpc) is 3.25. The number of anilines is 1. The smallest absolute Gasteiger partial charge is 0.251 e. The molecule has 1 atom stereocenters. The second kappa shape index (κ2) is 6.84. The van der Waals surface area contributed by atoms with E-state index in [2.05, 4.69) is 33.2 Å². The molecule has 4 rings (SSSR count). The fourth-order valence-electron chi connectivity index (χ4n) is 3.61. The topological polar surface area (TPSA) is 83.9 Å². The highest BCUT2D eigenvalue weighted by Crippen LogP contribution is 2.26. The normalized spacial score (nSPS) is 20.1. The van der Waals surface area contributed by atoms with Gasteiger partial charge >= 0.3 is 0 Å². The van der Waals surface area contributed by atoms with Crippen LogP contribution in [0.1, 0.15) is 47.4 Å². The predicted octanol–water partition coefficient (Wildman–Crippen LogP) is 1.49. The molecule has 0 spiro atoms. The third kappa shape index (κ3) is 3.51. The minimum Gasteiger partial charge on any atom is -0.382 e. The van der Waals surface area contributed by atoms with Crippen molar-refractivity contribution in [1.29, 1.82) is 0 Å². The lowest BCUT2D eigenvalue weighted by Crippen LogP contribution is -2.29. The van der Waals surface area contributed by atoms with Crippen LogP contribution < -0.4 is 16.0 Å². The Kier molecular flexibility index (Phi) is 4.40. The van der Waals surface area contributed by atoms with Crippen molar-refractivity contribution in [2.75, 3.05) is 18.4 Å². The van der Waals surface area contributed by atoms with E-state index in [1.165, 1.54) is 5.56 Å². The van der Waals surface area contributed by atoms with Crippen LogP contribution in [0.4, 0.5) is 5.69 Å². The molecule has 1 fully saturated rings. The fourth-order valence-corrected chi connectivity index (χ4v) is 3.61. The number of carbonyl (C=O) groups is 1. The van der Waals surface area contributed by atoms with Crippen LogP contribution in [-0.2, 0) is 13.0 Å². The zero-order valence-electron chi connectivity index (χ0n) is 14.5. The number of fused-ring (bicyclic) bond motifs is 1. The summed E-state index contributed by atoms with van der Waals surface area (Å²) in [4.78, 5) is 12.4. The molecule has 1 saturated heterocycles. The van der Waals surface area contributed by atoms with Crippen molar-refractivity contribution in [1.82, 2.24) is 25.6 Å². The van der Waals surface area contributed by atoms with Crippen LogP contribution in [0.15, 0.2) is 24.4 Å². The molecule has 0 aliphatic carbocycles. The number of amides is 1. The van der Waals surface area contributed by atoms with E-state index in [-0.39, 0.29) is 5.91 Å². The van der Waals surface area contributed by atoms with Crippen LogP contribution >= 0.6 is 0 Å². The number of nitrogens with zero attached hydrogens (tertiary/aromatic N) is 3. The monoisotopic (exact) mass is 340 g/mol. The van der Waals surface area contributed by atoms with E-state index >= 15 is 0 Å². The molecule has 3 N–H and O–H groups in total. The van der Waals surface area contributed by atoms with Gasteiger partial charge in [0.25, 0.3) is 5.91 Å². The molecule has 132 valence electrons. The van der Waals surface area contributed by atoms with Crippen molar-refractivity contribution in [3.63, 3.8) is 0 Å². The summed E-state index contributed by atoms with van der Waals surface area (Å²) in [6.45, 7) is 4.58. The zero-order chi connectivity index (χ0) is 17.2. The van der Waals surface area contributed by atoms with Gasteiger partial charge in [0.2, 0.25) is 0 Å². The molecular weight excluding hydrogens is 316 g/mol. The second-order valence-corrected chi connectivity index (χ2v) is 6.98. The Hall–Kier alpha value is -2.41. The van der Waals surface area contributed by atoms with Gasteiger partial charge in [-0.15, -0.1) is 5.10 Å². The molecule has 7 heteroatoms. The molecule has 0 saturated carbocycles. The Bertz CT molecular complexity index is 765. The lowest BCUT2D eigenvalue weighted by atomic mass is 10.1. The van der Waals surface area contributed by atoms with Crippen molar-refractivity contribution in [3.8, 4) is 0 Å². The number of rotatable bonds is 4. The van der Waals surface area contributed by atoms with Gasteiger partial charge < -0.3 is 16.0 Å². The van der Waals surface area contributed by atoms with E-state index in [1.54, 1.807) is 0 Å². The van der Waals surface area contributed by atoms with Crippen LogP contribution in [0, 0.1) is 0 Å². The molecule has 0 bridgehead atoms. The number of carbonyl (C=O) groups excluding carboxylic acids is 1. The molecular formula is C18H24N6O. The largest absolute Gasteiger partial charge is 0.382 e. The lowest BCUT2D eigenvalue weighted by molar-refractivity contribution is 0.0950. The Labute approximate surface area is 147 Å². The summed E-state index contributed by atoms with van der Waals surface area (Å²) >= 11 is 0. The van der Waals surface area contributed by atoms with Gasteiger partial charge in [0.05, 0.1) is 18.8 Å². The molecule has 0 radical (unpaired) electrons. The minimum absolute atomic E-state index is 0.0706. The fraction of sp³-hybridized carbons (Fsp3) is 0.500. The first-order valence-corrected chi connectivity index (χ1v) is 8.98. The number of hydrogen-bond acceptors (Lipinski definition) is 5. The SMILES string of the molecule is C[C@@H]1Cc2cc(C(=O)NCc3cn(C4CCNCC4)nn3)ccc2N1. The highest BCUT2D eigenvalue weighted by molar-refractivity contribution is 5.95. The van der Waals surface area contributed by atoms with Gasteiger partial charge in [-0.3, -0.25) is 4.79 Å². The summed E-state index contributed by atoms with van der Waals surface area (Å²) in [6, 6.07) is 6.67. The standard InChI is InChI=1S/C18H24N6O/c1-12-8-14-9-13(2-3-17(14)21-12)18(25)20-10-15-11-24(23-22-15)16-4-6-19-7-5-16/h2-3,9,11-12,16,19,21H,4-8,10H2,1H3,(H,20,25)/t12-/m1/s1. The van der Waals surface area contributed by atoms with E-state index in [0.717, 1.165) is 43.7 Å². The number of hydrogen-bond donors (Lipinski definition) is 3. The number of benzene rings is 1. The zero-order valence-corrected chi connectivity index (χ0v) is 14.5. The Balaban J connectivity index is 1.36. The number of aromatic nitrogens is 3. The van der Waals surface area contributed by atoms with Crippen LogP contribution in [0.2, 0.25) is 0 Å². The van der Waals surface area contributed by atoms with Crippen LogP contribution in [-0.4, -0.2) is 40.0 Å². The third-order valence-corrected chi connectivity index (χ3v) is 4.97. The molecule has 2 aromatic rings. The van der Waals surface area contributed by atoms with E-state index in [4.69, 9.17) is 0 Å². The number of nitrogens with one attached hydrogen (secondary N) is 3. The maximum absolute atomic E-state index is 12.4. The lowest BCUT2D eigenvalue weighted by Gasteiger charge is -2.22. The summed E-state index contributed by atoms with van der Waals surface area (Å²) in [5, 5.41) is 18.1. The van der Waals surface area contributed by atoms with E-state index in [1.807, 2.05) is 29.1 Å². The molecule has 3 heterocycles. The van der Waals surface area contributed by atoms with Crippen LogP contribution in [0.3, 0.4) is 0 Å². The van der Waals surface area contributed by atoms with Crippen molar-refractivity contribution < 1.29 is 4.79 Å². The first-order valence-electron chi connectivity index (χ1n) is 8.98. The maximum atomic E-state index is 12.4. The van der Waals surface area contributed by atoms with Crippen LogP contribution in [0.25, 0.3) is 0 Å². The summed E-state index contributed by atoms with van der Waals surface area (Å²) in [5.74, 6) is -0.0706. The molecule has 7 nitrogen and oxygen atoms in total. The highest BCUT2D eigenvalue weighted by Gasteiger charge is 2.19. The van der Waals surface area contributed by atoms with E-state index < -0.39 is 0 Å². The van der Waals surface area contributed by atoms with E-state index in [9.17, 15) is 4.79 Å². The minimum atomic E-state index is -0.0706. The van der Waals surface area contributed by atoms with Gasteiger partial charge in [0, 0.05) is 17.3 Å². The van der Waals surface area contributed by atoms with Gasteiger partial charge in [0.1, 0.15) is 5.69 Å². The first-order chi connectivity index (χ1) is 12.2. The summed E-state index contributed by atoms with van der Waals surface area (Å²) in [7, 11) is 0. The van der Waals surface area contributed by atoms with Crippen LogP contribution in [0.5, 0.6) is 0 Å². The van der Waals surface area contributed by atoms with E-state index in [0.29, 0.717) is 24.2 Å². The molecule has 1 amide bonds. The Morgan fingerprint density at radius 3 is 3.04 bits per heavy atom. The van der Waals surface area contributed by atoms with Gasteiger partial charge in [-0.05, 0) is 63.0 Å². The quantitative estimate of drug-likeness (QED) is 0.785. The molecule has 25 heavy (non-hydrogen) atoms. The van der Waals surface area contributed by atoms with Gasteiger partial charge in [-0.1, -0.05) is 5.21 Å². The average molecular weight is 340 g/mol. The molecule has 1 aromatic carbocycles. The first kappa shape index (κ1) is 16.1. The van der Waals surface area contributed by atoms with Crippen molar-refractivity contribution in [2.24, 2.45) is 0 Å². The molecule has 2 aliphatic heterocycles. The molecule has 1 aromatic heterocycles. The second-order valence-electron chi connectivity index (χ2n) is 6.98. The van der Waals surface area contributed by atoms with Gasteiger partial charge in [-0.25, -0.2) is 4.68 Å². The summed E-state index contributed by atoms with van der Waals surface area (Å²) in [5.41, 5.74) is 3.83. The summed E-state index contributed by atoms with van der Waals surface area (Å²) < 4.78 is 1.94. The van der Waals surface area contributed by atoms with Crippen molar-refractivity contribution >= 4 is 11.6 Å². The molecule has 2 aliphatic rings. The maximum Gasteiger partial charge on any atom is 0.251 e. The van der Waals surface area contributed by atoms with Gasteiger partial charge in [-0.2, -0.15) is 0 Å². The predicted molar refractivity (Wildman–Crippen MR) is 95.6 cm³/mol. The van der Waals surface area contributed by atoms with Gasteiger partial charge in [0.15, 0.2) is 0 Å². The van der Waals surface area contributed by atoms with Crippen molar-refractivity contribution in [3.05, 3.63) is 41.2 Å².